The van der Waals surface area contributed by atoms with Crippen LogP contribution in [0.2, 0.25) is 0 Å². The van der Waals surface area contributed by atoms with Crippen molar-refractivity contribution >= 4 is 46.0 Å². The fourth-order valence-electron chi connectivity index (χ4n) is 9.98. The molecule has 0 spiro atoms. The Morgan fingerprint density at radius 2 is 0.776 bits per heavy atom. The van der Waals surface area contributed by atoms with E-state index in [9.17, 15) is 0 Å². The van der Waals surface area contributed by atoms with Gasteiger partial charge in [0.2, 0.25) is 0 Å². The van der Waals surface area contributed by atoms with Crippen molar-refractivity contribution in [3.05, 3.63) is 213 Å². The fraction of sp³-hybridized carbons (Fsp3) is 0.226. The Kier molecular flexibility index (Phi) is 17.1. The van der Waals surface area contributed by atoms with Crippen molar-refractivity contribution in [2.45, 2.75) is 85.3 Å². The molecule has 6 aromatic carbocycles. The summed E-state index contributed by atoms with van der Waals surface area (Å²) in [6.07, 6.45) is 17.9. The zero-order valence-corrected chi connectivity index (χ0v) is 44.2. The fourth-order valence-corrected chi connectivity index (χ4v) is 17.6. The minimum Gasteiger partial charge on any atom is -1.00 e. The number of rotatable bonds is 18. The summed E-state index contributed by atoms with van der Waals surface area (Å²) in [6, 6.07) is 64.9. The van der Waals surface area contributed by atoms with Crippen molar-refractivity contribution < 1.29 is 48.0 Å². The van der Waals surface area contributed by atoms with E-state index in [2.05, 4.69) is 196 Å². The predicted octanol–water partition coefficient (Wildman–Crippen LogP) is 12.7. The summed E-state index contributed by atoms with van der Waals surface area (Å²) in [7, 11) is 0. The molecule has 2 aliphatic rings. The van der Waals surface area contributed by atoms with E-state index in [4.69, 9.17) is 0 Å². The van der Waals surface area contributed by atoms with E-state index in [1.165, 1.54) is 149 Å². The molecule has 0 bridgehead atoms. The molecule has 0 nitrogen and oxygen atoms in total. The first-order valence-corrected chi connectivity index (χ1v) is 28.6. The molecular weight excluding hydrogens is 971 g/mol. The minimum absolute atomic E-state index is 0. The molecular formula is C62H58Cl2S2Zr. The Morgan fingerprint density at radius 3 is 1.18 bits per heavy atom. The van der Waals surface area contributed by atoms with Crippen LogP contribution < -0.4 is 24.8 Å². The van der Waals surface area contributed by atoms with E-state index in [-0.39, 0.29) is 24.8 Å². The van der Waals surface area contributed by atoms with Crippen molar-refractivity contribution in [1.29, 1.82) is 0 Å². The summed E-state index contributed by atoms with van der Waals surface area (Å²) in [6.45, 7) is 4.59. The van der Waals surface area contributed by atoms with E-state index in [1.54, 1.807) is 0 Å². The molecule has 8 aromatic rings. The topological polar surface area (TPSA) is 0 Å². The molecule has 0 amide bonds. The van der Waals surface area contributed by atoms with Crippen molar-refractivity contribution in [3.63, 3.8) is 0 Å². The third kappa shape index (κ3) is 10.9. The maximum absolute atomic E-state index is 2.60. The largest absolute Gasteiger partial charge is 1.00 e. The smallest absolute Gasteiger partial charge is 1.00 e. The van der Waals surface area contributed by atoms with Gasteiger partial charge in [-0.25, -0.2) is 0 Å². The third-order valence-corrected chi connectivity index (χ3v) is 20.6. The molecule has 2 heterocycles. The van der Waals surface area contributed by atoms with Gasteiger partial charge in [-0.05, 0) is 0 Å². The van der Waals surface area contributed by atoms with Gasteiger partial charge in [-0.15, -0.1) is 0 Å². The van der Waals surface area contributed by atoms with Crippen LogP contribution >= 0.6 is 22.7 Å². The zero-order chi connectivity index (χ0) is 44.0. The van der Waals surface area contributed by atoms with Crippen molar-refractivity contribution in [2.24, 2.45) is 0 Å². The van der Waals surface area contributed by atoms with Crippen LogP contribution in [0, 0.1) is 0 Å². The van der Waals surface area contributed by atoms with Crippen molar-refractivity contribution in [2.75, 3.05) is 0 Å². The molecule has 2 aliphatic carbocycles. The average Bonchev–Trinajstić information content (AvgIpc) is 4.19. The summed E-state index contributed by atoms with van der Waals surface area (Å²) < 4.78 is 0.800. The summed E-state index contributed by atoms with van der Waals surface area (Å²) in [5.41, 5.74) is 19.8. The number of hydrogen-bond donors (Lipinski definition) is 0. The second-order valence-electron chi connectivity index (χ2n) is 17.9. The van der Waals surface area contributed by atoms with Crippen LogP contribution in [-0.4, -0.2) is 0 Å². The number of halogens is 2. The molecule has 0 aliphatic heterocycles. The average molecular weight is 1030 g/mol. The first-order chi connectivity index (χ1) is 32.1. The molecule has 0 radical (unpaired) electrons. The monoisotopic (exact) mass is 1030 g/mol. The molecule has 2 unspecified atom stereocenters. The molecule has 2 aromatic heterocycles. The molecule has 0 saturated carbocycles. The van der Waals surface area contributed by atoms with Gasteiger partial charge in [-0.1, -0.05) is 26.7 Å². The molecule has 0 fully saturated rings. The second kappa shape index (κ2) is 23.3. The number of aryl methyl sites for hydroxylation is 2. The number of thiophene rings is 2. The Balaban J connectivity index is 0.00000304. The maximum Gasteiger partial charge on any atom is -1.00 e. The summed E-state index contributed by atoms with van der Waals surface area (Å²) in [4.78, 5) is 5.50. The Bertz CT molecular complexity index is 2720. The SMILES string of the molecule is CCCCCCc1ccc(-c2cccc3c2C=C(c2ccc(-c4ccccc4)s2)[CH]3[Zr+2][CH]2C(c3ccc(-c4ccccc4)s3)=Cc3c(-c4ccc(CCCCCC)cc4)cccc32)cc1.[Cl-].[Cl-]. The van der Waals surface area contributed by atoms with Gasteiger partial charge in [0.15, 0.2) is 0 Å². The van der Waals surface area contributed by atoms with Crippen LogP contribution in [0.4, 0.5) is 0 Å². The molecule has 10 rings (SSSR count). The summed E-state index contributed by atoms with van der Waals surface area (Å²) in [5.74, 6) is 0. The van der Waals surface area contributed by atoms with Crippen LogP contribution in [0.1, 0.15) is 116 Å². The zero-order valence-electron chi connectivity index (χ0n) is 38.6. The molecule has 0 N–H and O–H groups in total. The molecule has 0 saturated heterocycles. The third-order valence-electron chi connectivity index (χ3n) is 13.5. The molecule has 67 heavy (non-hydrogen) atoms. The van der Waals surface area contributed by atoms with Gasteiger partial charge in [0.1, 0.15) is 0 Å². The number of benzene rings is 6. The maximum atomic E-state index is 2.60. The van der Waals surface area contributed by atoms with E-state index >= 15 is 0 Å². The number of allylic oxidation sites excluding steroid dienone is 2. The van der Waals surface area contributed by atoms with E-state index in [1.807, 2.05) is 22.7 Å². The molecule has 336 valence electrons. The van der Waals surface area contributed by atoms with Crippen molar-refractivity contribution in [3.8, 4) is 43.1 Å². The summed E-state index contributed by atoms with van der Waals surface area (Å²) in [5, 5.41) is 0. The van der Waals surface area contributed by atoms with E-state index < -0.39 is 23.2 Å². The standard InChI is InChI=1S/2C31H29S.2ClH.Zr/c2*1-2-3-4-6-10-23-15-17-24(18-16-23)28-14-9-13-26-21-27(22-29(26)28)31-20-19-30(32-31)25-11-7-5-8-12-25;;;/h2*5,7-9,11-22H,2-4,6,10H2,1H3;2*1H;/q;;;;+2/p-2. The van der Waals surface area contributed by atoms with Crippen LogP contribution in [0.3, 0.4) is 0 Å². The quantitative estimate of drug-likeness (QED) is 0.0752. The Labute approximate surface area is 431 Å². The van der Waals surface area contributed by atoms with Crippen LogP contribution in [0.25, 0.3) is 66.4 Å². The van der Waals surface area contributed by atoms with Crippen molar-refractivity contribution in [1.82, 2.24) is 0 Å². The van der Waals surface area contributed by atoms with Crippen LogP contribution in [0.5, 0.6) is 0 Å². The summed E-state index contributed by atoms with van der Waals surface area (Å²) >= 11 is 2.61. The van der Waals surface area contributed by atoms with Gasteiger partial charge >= 0.3 is 384 Å². The van der Waals surface area contributed by atoms with Crippen LogP contribution in [0.15, 0.2) is 170 Å². The van der Waals surface area contributed by atoms with Gasteiger partial charge in [-0.3, -0.25) is 0 Å². The number of unbranched alkanes of at least 4 members (excludes halogenated alkanes) is 6. The first kappa shape index (κ1) is 49.1. The Morgan fingerprint density at radius 1 is 0.373 bits per heavy atom. The first-order valence-electron chi connectivity index (χ1n) is 24.1. The van der Waals surface area contributed by atoms with E-state index in [0.717, 1.165) is 12.8 Å². The molecule has 5 heteroatoms. The molecule has 2 atom stereocenters. The van der Waals surface area contributed by atoms with Crippen LogP contribution in [-0.2, 0) is 36.1 Å². The number of fused-ring (bicyclic) bond motifs is 2. The number of hydrogen-bond acceptors (Lipinski definition) is 2. The van der Waals surface area contributed by atoms with Gasteiger partial charge in [-0.2, -0.15) is 0 Å². The Hall–Kier alpha value is -4.34. The van der Waals surface area contributed by atoms with Gasteiger partial charge in [0.25, 0.3) is 0 Å². The van der Waals surface area contributed by atoms with Gasteiger partial charge in [0, 0.05) is 0 Å². The normalized spacial score (nSPS) is 14.6. The second-order valence-corrected chi connectivity index (χ2v) is 23.7. The van der Waals surface area contributed by atoms with Gasteiger partial charge in [0.05, 0.1) is 0 Å². The van der Waals surface area contributed by atoms with Gasteiger partial charge < -0.3 is 24.8 Å². The predicted molar refractivity (Wildman–Crippen MR) is 280 cm³/mol. The minimum atomic E-state index is -1.32. The van der Waals surface area contributed by atoms with E-state index in [0.29, 0.717) is 7.25 Å².